The van der Waals surface area contributed by atoms with E-state index in [0.29, 0.717) is 42.9 Å². The number of hydrogen-bond acceptors (Lipinski definition) is 5. The van der Waals surface area contributed by atoms with Crippen molar-refractivity contribution in [3.63, 3.8) is 0 Å². The fourth-order valence-electron chi connectivity index (χ4n) is 7.27. The van der Waals surface area contributed by atoms with E-state index >= 15 is 0 Å². The van der Waals surface area contributed by atoms with E-state index in [2.05, 4.69) is 13.2 Å². The van der Waals surface area contributed by atoms with Crippen molar-refractivity contribution in [1.82, 2.24) is 9.80 Å². The predicted molar refractivity (Wildman–Crippen MR) is 156 cm³/mol. The quantitative estimate of drug-likeness (QED) is 0.382. The van der Waals surface area contributed by atoms with Crippen LogP contribution >= 0.6 is 11.6 Å². The Morgan fingerprint density at radius 1 is 1.18 bits per heavy atom. The molecule has 1 N–H and O–H groups in total. The molecule has 3 aliphatic rings. The molecule has 2 unspecified atom stereocenters. The largest absolute Gasteiger partial charge is 0.394 e. The topological polar surface area (TPSA) is 90.4 Å². The van der Waals surface area contributed by atoms with Crippen LogP contribution in [0.4, 0.5) is 5.69 Å². The van der Waals surface area contributed by atoms with Crippen LogP contribution in [-0.4, -0.2) is 82.7 Å². The molecule has 2 bridgehead atoms. The van der Waals surface area contributed by atoms with Crippen molar-refractivity contribution in [1.29, 1.82) is 0 Å². The molecule has 6 atom stereocenters. The second-order valence-electron chi connectivity index (χ2n) is 11.8. The van der Waals surface area contributed by atoms with Gasteiger partial charge in [0.1, 0.15) is 11.6 Å². The van der Waals surface area contributed by atoms with Gasteiger partial charge in [0.25, 0.3) is 5.91 Å². The molecular formula is C31H42ClN3O5. The summed E-state index contributed by atoms with van der Waals surface area (Å²) in [5.74, 6) is -2.19. The Kier molecular flexibility index (Phi) is 8.83. The summed E-state index contributed by atoms with van der Waals surface area (Å²) in [6.07, 6.45) is 5.38. The van der Waals surface area contributed by atoms with E-state index in [0.717, 1.165) is 0 Å². The lowest BCUT2D eigenvalue weighted by atomic mass is 9.64. The third kappa shape index (κ3) is 4.78. The van der Waals surface area contributed by atoms with E-state index in [1.54, 1.807) is 58.2 Å². The molecule has 1 spiro atoms. The average Bonchev–Trinajstić information content (AvgIpc) is 3.54. The third-order valence-corrected chi connectivity index (χ3v) is 9.21. The minimum absolute atomic E-state index is 0.162. The van der Waals surface area contributed by atoms with Crippen molar-refractivity contribution in [2.24, 2.45) is 17.8 Å². The molecule has 8 nitrogen and oxygen atoms in total. The molecule has 3 fully saturated rings. The van der Waals surface area contributed by atoms with Gasteiger partial charge in [-0.3, -0.25) is 14.4 Å². The first kappa shape index (κ1) is 30.3. The Morgan fingerprint density at radius 2 is 1.82 bits per heavy atom. The Morgan fingerprint density at radius 3 is 2.38 bits per heavy atom. The summed E-state index contributed by atoms with van der Waals surface area (Å²) in [4.78, 5) is 47.9. The van der Waals surface area contributed by atoms with Gasteiger partial charge in [0.2, 0.25) is 11.8 Å². The molecule has 3 aliphatic heterocycles. The number of halogens is 1. The number of rotatable bonds is 12. The van der Waals surface area contributed by atoms with Crippen molar-refractivity contribution >= 4 is 35.0 Å². The average molecular weight is 572 g/mol. The maximum absolute atomic E-state index is 14.7. The normalized spacial score (nSPS) is 29.4. The monoisotopic (exact) mass is 571 g/mol. The Balaban J connectivity index is 1.88. The number of nitrogens with zero attached hydrogens (tertiary/aromatic N) is 3. The lowest BCUT2D eigenvalue weighted by molar-refractivity contribution is -0.153. The van der Waals surface area contributed by atoms with Crippen molar-refractivity contribution in [2.45, 2.75) is 69.7 Å². The third-order valence-electron chi connectivity index (χ3n) is 8.96. The van der Waals surface area contributed by atoms with Gasteiger partial charge >= 0.3 is 0 Å². The number of ether oxygens (including phenoxy) is 1. The van der Waals surface area contributed by atoms with E-state index in [1.807, 2.05) is 20.8 Å². The van der Waals surface area contributed by atoms with Gasteiger partial charge in [0, 0.05) is 30.8 Å². The molecule has 4 rings (SSSR count). The maximum Gasteiger partial charge on any atom is 0.253 e. The lowest BCUT2D eigenvalue weighted by Crippen LogP contribution is -2.59. The van der Waals surface area contributed by atoms with Gasteiger partial charge in [-0.15, -0.1) is 13.2 Å². The molecule has 0 saturated carbocycles. The van der Waals surface area contributed by atoms with Gasteiger partial charge in [0.15, 0.2) is 0 Å². The summed E-state index contributed by atoms with van der Waals surface area (Å²) >= 11 is 6.13. The van der Waals surface area contributed by atoms with Gasteiger partial charge in [-0.05, 0) is 55.9 Å². The number of carbonyl (C=O) groups is 3. The molecule has 1 aromatic carbocycles. The summed E-state index contributed by atoms with van der Waals surface area (Å²) in [6, 6.07) is 5.33. The van der Waals surface area contributed by atoms with Crippen LogP contribution < -0.4 is 4.90 Å². The highest BCUT2D eigenvalue weighted by Crippen LogP contribution is 2.65. The van der Waals surface area contributed by atoms with Crippen LogP contribution in [0.25, 0.3) is 0 Å². The molecule has 3 heterocycles. The van der Waals surface area contributed by atoms with Crippen molar-refractivity contribution in [2.75, 3.05) is 31.6 Å². The van der Waals surface area contributed by atoms with E-state index < -0.39 is 35.1 Å². The Labute approximate surface area is 242 Å². The fourth-order valence-corrected chi connectivity index (χ4v) is 7.39. The highest BCUT2D eigenvalue weighted by Gasteiger charge is 2.79. The number of aliphatic hydroxyl groups is 1. The van der Waals surface area contributed by atoms with Crippen LogP contribution in [0.1, 0.15) is 46.5 Å². The molecular weight excluding hydrogens is 530 g/mol. The van der Waals surface area contributed by atoms with E-state index in [-0.39, 0.29) is 36.8 Å². The molecule has 218 valence electrons. The zero-order valence-corrected chi connectivity index (χ0v) is 24.8. The standard InChI is InChI=1S/C31H42ClN3O5/c1-7-16-33(6)27(37)24-25-28(38)35(23(19-36)18-20(4)5)26(31(25)15-14-30(24,9-3)40-31)29(39)34(17-8-2)22-12-10-21(32)11-13-22/h7-8,10-13,20,23-26,36H,1-2,9,14-19H2,3-6H3/t23-,24+,25+,26?,30-,31?/m1/s1. The van der Waals surface area contributed by atoms with Crippen molar-refractivity contribution < 1.29 is 24.2 Å². The van der Waals surface area contributed by atoms with Crippen LogP contribution in [0.5, 0.6) is 0 Å². The van der Waals surface area contributed by atoms with E-state index in [1.165, 1.54) is 0 Å². The number of hydrogen-bond donors (Lipinski definition) is 1. The number of likely N-dealkylation sites (tertiary alicyclic amines) is 1. The van der Waals surface area contributed by atoms with Gasteiger partial charge in [-0.2, -0.15) is 0 Å². The molecule has 40 heavy (non-hydrogen) atoms. The van der Waals surface area contributed by atoms with Gasteiger partial charge in [-0.1, -0.05) is 44.5 Å². The molecule has 0 aliphatic carbocycles. The van der Waals surface area contributed by atoms with Crippen LogP contribution in [0.2, 0.25) is 5.02 Å². The second kappa shape index (κ2) is 11.7. The second-order valence-corrected chi connectivity index (χ2v) is 12.2. The molecule has 0 radical (unpaired) electrons. The summed E-state index contributed by atoms with van der Waals surface area (Å²) in [5.41, 5.74) is -1.41. The first-order chi connectivity index (χ1) is 19.0. The maximum atomic E-state index is 14.7. The number of likely N-dealkylation sites (N-methyl/N-ethyl adjacent to an activating group) is 1. The first-order valence-corrected chi connectivity index (χ1v) is 14.6. The van der Waals surface area contributed by atoms with E-state index in [4.69, 9.17) is 16.3 Å². The van der Waals surface area contributed by atoms with Gasteiger partial charge in [-0.25, -0.2) is 0 Å². The van der Waals surface area contributed by atoms with Crippen molar-refractivity contribution in [3.8, 4) is 0 Å². The van der Waals surface area contributed by atoms with E-state index in [9.17, 15) is 19.5 Å². The number of benzene rings is 1. The molecule has 1 aromatic rings. The fraction of sp³-hybridized carbons (Fsp3) is 0.581. The number of amides is 3. The molecule has 3 amide bonds. The molecule has 0 aromatic heterocycles. The molecule has 3 saturated heterocycles. The summed E-state index contributed by atoms with van der Waals surface area (Å²) in [7, 11) is 1.70. The van der Waals surface area contributed by atoms with Gasteiger partial charge < -0.3 is 24.5 Å². The van der Waals surface area contributed by atoms with Crippen LogP contribution in [0.15, 0.2) is 49.6 Å². The SMILES string of the molecule is C=CCN(C)C(=O)[C@@H]1[C@H]2C(=O)N([C@@H](CO)CC(C)C)C(C(=O)N(CC=C)c3ccc(Cl)cc3)C23CC[C@@]1(CC)O3. The Hall–Kier alpha value is -2.68. The van der Waals surface area contributed by atoms with Gasteiger partial charge in [0.05, 0.1) is 30.1 Å². The summed E-state index contributed by atoms with van der Waals surface area (Å²) in [5, 5.41) is 11.1. The highest BCUT2D eigenvalue weighted by molar-refractivity contribution is 6.30. The smallest absolute Gasteiger partial charge is 0.253 e. The number of anilines is 1. The summed E-state index contributed by atoms with van der Waals surface area (Å²) < 4.78 is 6.89. The van der Waals surface area contributed by atoms with Crippen molar-refractivity contribution in [3.05, 3.63) is 54.6 Å². The summed E-state index contributed by atoms with van der Waals surface area (Å²) in [6.45, 7) is 13.9. The lowest BCUT2D eigenvalue weighted by Gasteiger charge is -2.40. The van der Waals surface area contributed by atoms with Crippen LogP contribution in [0, 0.1) is 17.8 Å². The van der Waals surface area contributed by atoms with Crippen LogP contribution in [-0.2, 0) is 19.1 Å². The first-order valence-electron chi connectivity index (χ1n) is 14.2. The minimum atomic E-state index is -1.18. The zero-order chi connectivity index (χ0) is 29.4. The minimum Gasteiger partial charge on any atom is -0.394 e. The number of carbonyl (C=O) groups excluding carboxylic acids is 3. The highest BCUT2D eigenvalue weighted by atomic mass is 35.5. The zero-order valence-electron chi connectivity index (χ0n) is 24.0. The predicted octanol–water partition coefficient (Wildman–Crippen LogP) is 4.07. The van der Waals surface area contributed by atoms with Crippen LogP contribution in [0.3, 0.4) is 0 Å². The Bertz CT molecular complexity index is 1160. The number of fused-ring (bicyclic) bond motifs is 1. The molecule has 9 heteroatoms. The number of aliphatic hydroxyl groups excluding tert-OH is 1.